The molecular weight excluding hydrogens is 440 g/mol. The summed E-state index contributed by atoms with van der Waals surface area (Å²) in [6.07, 6.45) is 15.7. The molecule has 0 bridgehead atoms. The van der Waals surface area contributed by atoms with E-state index < -0.39 is 5.91 Å². The Hall–Kier alpha value is -2.60. The highest BCUT2D eigenvalue weighted by molar-refractivity contribution is 6.25. The lowest BCUT2D eigenvalue weighted by atomic mass is 9.98. The van der Waals surface area contributed by atoms with Gasteiger partial charge >= 0.3 is 0 Å². The molecule has 0 fully saturated rings. The summed E-state index contributed by atoms with van der Waals surface area (Å²) >= 11 is 5.88. The summed E-state index contributed by atoms with van der Waals surface area (Å²) < 4.78 is 5.23. The molecule has 6 nitrogen and oxygen atoms in total. The Morgan fingerprint density at radius 3 is 2.64 bits per heavy atom. The minimum Gasteiger partial charge on any atom is -0.501 e. The number of nitrogens with zero attached hydrogens (tertiary/aromatic N) is 1. The van der Waals surface area contributed by atoms with Crippen molar-refractivity contribution in [2.45, 2.75) is 64.8 Å². The number of ether oxygens (including phenoxy) is 1. The van der Waals surface area contributed by atoms with E-state index in [4.69, 9.17) is 16.3 Å². The quantitative estimate of drug-likeness (QED) is 0.201. The molecule has 0 saturated heterocycles. The van der Waals surface area contributed by atoms with E-state index in [1.54, 1.807) is 18.5 Å². The zero-order valence-corrected chi connectivity index (χ0v) is 20.8. The number of allylic oxidation sites excluding steroid dienone is 4. The van der Waals surface area contributed by atoms with Gasteiger partial charge in [0.25, 0.3) is 11.8 Å². The number of carbonyl (C=O) groups excluding carboxylic acids is 3. The van der Waals surface area contributed by atoms with E-state index in [1.807, 2.05) is 12.2 Å². The lowest BCUT2D eigenvalue weighted by Gasteiger charge is -2.18. The van der Waals surface area contributed by atoms with Gasteiger partial charge in [-0.2, -0.15) is 0 Å². The summed E-state index contributed by atoms with van der Waals surface area (Å²) in [7, 11) is 1.46. The first-order valence-electron chi connectivity index (χ1n) is 11.4. The van der Waals surface area contributed by atoms with E-state index in [1.165, 1.54) is 29.7 Å². The number of halogens is 1. The maximum absolute atomic E-state index is 12.3. The fourth-order valence-corrected chi connectivity index (χ4v) is 3.54. The summed E-state index contributed by atoms with van der Waals surface area (Å²) in [5.41, 5.74) is 2.91. The summed E-state index contributed by atoms with van der Waals surface area (Å²) in [4.78, 5) is 37.3. The van der Waals surface area contributed by atoms with Crippen LogP contribution in [-0.4, -0.2) is 42.3 Å². The molecule has 0 aromatic heterocycles. The zero-order valence-electron chi connectivity index (χ0n) is 20.0. The van der Waals surface area contributed by atoms with Crippen molar-refractivity contribution in [3.63, 3.8) is 0 Å². The highest BCUT2D eigenvalue weighted by Gasteiger charge is 2.27. The molecule has 1 aliphatic heterocycles. The summed E-state index contributed by atoms with van der Waals surface area (Å²) in [5, 5.41) is 2.84. The van der Waals surface area contributed by atoms with Gasteiger partial charge in [-0.1, -0.05) is 48.4 Å². The largest absolute Gasteiger partial charge is 0.501 e. The second kappa shape index (κ2) is 16.1. The first-order chi connectivity index (χ1) is 15.8. The van der Waals surface area contributed by atoms with Gasteiger partial charge in [-0.25, -0.2) is 0 Å². The van der Waals surface area contributed by atoms with Crippen LogP contribution in [0.4, 0.5) is 0 Å². The number of carbonyl (C=O) groups is 3. The molecule has 7 heteroatoms. The SMILES string of the molecule is C=CCC/C(=C/Cl)CCC(C)/C=C/CCC(=O)NCC/C(=C\C(=O)N1C(=O)C=C[C@@H]1C)OC. The predicted octanol–water partition coefficient (Wildman–Crippen LogP) is 5.18. The number of rotatable bonds is 15. The number of hydrogen-bond acceptors (Lipinski definition) is 4. The van der Waals surface area contributed by atoms with E-state index in [0.29, 0.717) is 37.5 Å². The topological polar surface area (TPSA) is 75.7 Å². The third-order valence-corrected chi connectivity index (χ3v) is 5.70. The third-order valence-electron chi connectivity index (χ3n) is 5.39. The highest BCUT2D eigenvalue weighted by Crippen LogP contribution is 2.18. The number of nitrogens with one attached hydrogen (secondary N) is 1. The number of methoxy groups -OCH3 is 1. The van der Waals surface area contributed by atoms with Gasteiger partial charge in [0.15, 0.2) is 0 Å². The minimum atomic E-state index is -0.422. The van der Waals surface area contributed by atoms with E-state index >= 15 is 0 Å². The highest BCUT2D eigenvalue weighted by atomic mass is 35.5. The normalized spacial score (nSPS) is 17.5. The first-order valence-corrected chi connectivity index (χ1v) is 11.9. The van der Waals surface area contributed by atoms with Crippen LogP contribution in [0.2, 0.25) is 0 Å². The van der Waals surface area contributed by atoms with Gasteiger partial charge in [0.1, 0.15) is 5.76 Å². The molecule has 1 unspecified atom stereocenters. The van der Waals surface area contributed by atoms with Gasteiger partial charge in [0.2, 0.25) is 5.91 Å². The molecule has 1 aliphatic rings. The van der Waals surface area contributed by atoms with E-state index in [2.05, 4.69) is 24.9 Å². The Morgan fingerprint density at radius 2 is 2.03 bits per heavy atom. The van der Waals surface area contributed by atoms with Crippen molar-refractivity contribution in [3.8, 4) is 0 Å². The first kappa shape index (κ1) is 28.4. The average Bonchev–Trinajstić information content (AvgIpc) is 3.14. The molecule has 0 aromatic rings. The van der Waals surface area contributed by atoms with Crippen LogP contribution in [0.3, 0.4) is 0 Å². The van der Waals surface area contributed by atoms with Gasteiger partial charge < -0.3 is 10.1 Å². The Kier molecular flexibility index (Phi) is 13.9. The van der Waals surface area contributed by atoms with Crippen LogP contribution >= 0.6 is 11.6 Å². The number of amides is 3. The standard InChI is InChI=1S/C26H37ClN2O4/c1-5-6-10-22(19-27)14-12-20(2)9-7-8-11-24(30)28-17-16-23(33-4)18-26(32)29-21(3)13-15-25(29)31/h5,7,9,13,15,18-21H,1,6,8,10-12,14,16-17H2,2-4H3,(H,28,30)/b9-7+,22-19-,23-18+/t20?,21-/m0/s1. The molecule has 33 heavy (non-hydrogen) atoms. The number of imide groups is 1. The van der Waals surface area contributed by atoms with Crippen LogP contribution < -0.4 is 5.32 Å². The smallest absolute Gasteiger partial charge is 0.257 e. The molecule has 1 N–H and O–H groups in total. The van der Waals surface area contributed by atoms with Crippen molar-refractivity contribution >= 4 is 29.3 Å². The van der Waals surface area contributed by atoms with Crippen LogP contribution in [0.5, 0.6) is 0 Å². The molecule has 182 valence electrons. The second-order valence-electron chi connectivity index (χ2n) is 8.14. The molecular formula is C26H37ClN2O4. The summed E-state index contributed by atoms with van der Waals surface area (Å²) in [6.45, 7) is 8.02. The summed E-state index contributed by atoms with van der Waals surface area (Å²) in [5.74, 6) is 0.0151. The van der Waals surface area contributed by atoms with Crippen LogP contribution in [-0.2, 0) is 19.1 Å². The Balaban J connectivity index is 2.29. The zero-order chi connectivity index (χ0) is 24.6. The summed E-state index contributed by atoms with van der Waals surface area (Å²) in [6, 6.07) is -0.272. The van der Waals surface area contributed by atoms with Crippen molar-refractivity contribution in [2.75, 3.05) is 13.7 Å². The molecule has 1 rings (SSSR count). The van der Waals surface area contributed by atoms with Crippen LogP contribution in [0.15, 0.2) is 59.9 Å². The molecule has 0 saturated carbocycles. The number of hydrogen-bond donors (Lipinski definition) is 1. The van der Waals surface area contributed by atoms with Crippen molar-refractivity contribution in [2.24, 2.45) is 5.92 Å². The van der Waals surface area contributed by atoms with Gasteiger partial charge in [-0.15, -0.1) is 6.58 Å². The van der Waals surface area contributed by atoms with E-state index in [0.717, 1.165) is 25.7 Å². The van der Waals surface area contributed by atoms with Gasteiger partial charge in [-0.3, -0.25) is 19.3 Å². The lowest BCUT2D eigenvalue weighted by molar-refractivity contribution is -0.139. The predicted molar refractivity (Wildman–Crippen MR) is 133 cm³/mol. The molecule has 0 aromatic carbocycles. The van der Waals surface area contributed by atoms with E-state index in [9.17, 15) is 14.4 Å². The molecule has 0 radical (unpaired) electrons. The van der Waals surface area contributed by atoms with Crippen LogP contribution in [0, 0.1) is 5.92 Å². The van der Waals surface area contributed by atoms with Crippen LogP contribution in [0.25, 0.3) is 0 Å². The fourth-order valence-electron chi connectivity index (χ4n) is 3.33. The molecule has 0 aliphatic carbocycles. The Morgan fingerprint density at radius 1 is 1.27 bits per heavy atom. The van der Waals surface area contributed by atoms with Gasteiger partial charge in [-0.05, 0) is 44.9 Å². The van der Waals surface area contributed by atoms with Gasteiger partial charge in [0, 0.05) is 37.1 Å². The van der Waals surface area contributed by atoms with E-state index in [-0.39, 0.29) is 17.9 Å². The van der Waals surface area contributed by atoms with Crippen molar-refractivity contribution < 1.29 is 19.1 Å². The maximum atomic E-state index is 12.3. The van der Waals surface area contributed by atoms with Crippen LogP contribution in [0.1, 0.15) is 58.8 Å². The lowest BCUT2D eigenvalue weighted by Crippen LogP contribution is -2.37. The average molecular weight is 477 g/mol. The molecule has 0 spiro atoms. The second-order valence-corrected chi connectivity index (χ2v) is 8.36. The third kappa shape index (κ3) is 11.2. The Labute approximate surface area is 203 Å². The fraction of sp³-hybridized carbons (Fsp3) is 0.500. The Bertz CT molecular complexity index is 798. The minimum absolute atomic E-state index is 0.0570. The maximum Gasteiger partial charge on any atom is 0.257 e. The van der Waals surface area contributed by atoms with Gasteiger partial charge in [0.05, 0.1) is 13.2 Å². The monoisotopic (exact) mass is 476 g/mol. The van der Waals surface area contributed by atoms with Crippen molar-refractivity contribution in [1.29, 1.82) is 0 Å². The molecule has 3 amide bonds. The molecule has 2 atom stereocenters. The van der Waals surface area contributed by atoms with Crippen molar-refractivity contribution in [1.82, 2.24) is 10.2 Å². The van der Waals surface area contributed by atoms with Crippen molar-refractivity contribution in [3.05, 3.63) is 59.9 Å². The molecule has 1 heterocycles.